The van der Waals surface area contributed by atoms with Crippen molar-refractivity contribution in [2.75, 3.05) is 39.1 Å². The van der Waals surface area contributed by atoms with E-state index in [1.54, 1.807) is 12.0 Å². The smallest absolute Gasteiger partial charge is 0.317 e. The van der Waals surface area contributed by atoms with E-state index in [0.717, 1.165) is 19.3 Å². The van der Waals surface area contributed by atoms with Crippen molar-refractivity contribution in [2.24, 2.45) is 11.3 Å². The molecule has 2 amide bonds. The number of ether oxygens (including phenoxy) is 2. The van der Waals surface area contributed by atoms with E-state index < -0.39 is 15.1 Å². The van der Waals surface area contributed by atoms with Crippen molar-refractivity contribution in [3.8, 4) is 0 Å². The third-order valence-electron chi connectivity index (χ3n) is 6.51. The number of likely N-dealkylation sites (tertiary alicyclic amines) is 1. The van der Waals surface area contributed by atoms with Crippen LogP contribution >= 0.6 is 0 Å². The molecule has 4 aliphatic rings. The summed E-state index contributed by atoms with van der Waals surface area (Å²) >= 11 is 0. The lowest BCUT2D eigenvalue weighted by atomic mass is 9.87. The maximum Gasteiger partial charge on any atom is 0.317 e. The molecule has 4 rings (SSSR count). The third-order valence-corrected chi connectivity index (χ3v) is 8.72. The molecule has 0 aromatic rings. The summed E-state index contributed by atoms with van der Waals surface area (Å²) in [5.74, 6) is -0.0265. The van der Waals surface area contributed by atoms with Gasteiger partial charge >= 0.3 is 6.03 Å². The lowest BCUT2D eigenvalue weighted by Crippen LogP contribution is -2.45. The first-order chi connectivity index (χ1) is 11.3. The molecule has 1 saturated carbocycles. The average Bonchev–Trinajstić information content (AvgIpc) is 3.24. The Hall–Kier alpha value is -0.860. The van der Waals surface area contributed by atoms with Gasteiger partial charge in [-0.1, -0.05) is 0 Å². The predicted molar refractivity (Wildman–Crippen MR) is 87.5 cm³/mol. The summed E-state index contributed by atoms with van der Waals surface area (Å²) < 4.78 is 35.6. The summed E-state index contributed by atoms with van der Waals surface area (Å²) in [5.41, 5.74) is 0.0380. The van der Waals surface area contributed by atoms with Crippen molar-refractivity contribution in [1.82, 2.24) is 10.2 Å². The lowest BCUT2D eigenvalue weighted by molar-refractivity contribution is -0.0150. The van der Waals surface area contributed by atoms with Crippen LogP contribution < -0.4 is 5.32 Å². The summed E-state index contributed by atoms with van der Waals surface area (Å²) in [5, 5.41) is 2.55. The molecule has 1 aliphatic carbocycles. The number of nitrogens with one attached hydrogen (secondary N) is 1. The first-order valence-electron chi connectivity index (χ1n) is 8.67. The molecule has 1 N–H and O–H groups in total. The van der Waals surface area contributed by atoms with Gasteiger partial charge in [-0.05, 0) is 26.2 Å². The molecule has 2 bridgehead atoms. The first-order valence-corrected chi connectivity index (χ1v) is 10.4. The van der Waals surface area contributed by atoms with E-state index in [0.29, 0.717) is 19.7 Å². The number of carbonyl (C=O) groups excluding carboxylic acids is 1. The number of carbonyl (C=O) groups is 1. The number of fused-ring (bicyclic) bond motifs is 3. The molecule has 3 heterocycles. The highest BCUT2D eigenvalue weighted by Gasteiger charge is 2.55. The second-order valence-electron chi connectivity index (χ2n) is 8.29. The van der Waals surface area contributed by atoms with Crippen LogP contribution in [0.1, 0.15) is 26.2 Å². The molecule has 0 spiro atoms. The van der Waals surface area contributed by atoms with E-state index in [-0.39, 0.29) is 41.4 Å². The maximum absolute atomic E-state index is 12.5. The van der Waals surface area contributed by atoms with Crippen LogP contribution in [0, 0.1) is 11.3 Å². The van der Waals surface area contributed by atoms with Crippen LogP contribution in [0.2, 0.25) is 0 Å². The zero-order valence-corrected chi connectivity index (χ0v) is 15.1. The van der Waals surface area contributed by atoms with Crippen LogP contribution in [0.5, 0.6) is 0 Å². The van der Waals surface area contributed by atoms with E-state index in [9.17, 15) is 13.2 Å². The van der Waals surface area contributed by atoms with Gasteiger partial charge in [0.15, 0.2) is 9.84 Å². The molecule has 7 nitrogen and oxygen atoms in total. The van der Waals surface area contributed by atoms with Gasteiger partial charge in [0.05, 0.1) is 29.3 Å². The predicted octanol–water partition coefficient (Wildman–Crippen LogP) is 0.399. The summed E-state index contributed by atoms with van der Waals surface area (Å²) in [6.45, 7) is 4.18. The van der Waals surface area contributed by atoms with Gasteiger partial charge in [-0.3, -0.25) is 0 Å². The van der Waals surface area contributed by atoms with Gasteiger partial charge in [-0.2, -0.15) is 0 Å². The molecule has 3 aliphatic heterocycles. The summed E-state index contributed by atoms with van der Waals surface area (Å²) in [4.78, 5) is 14.2. The largest absolute Gasteiger partial charge is 0.380 e. The molecular formula is C16H26N2O5S. The van der Waals surface area contributed by atoms with E-state index >= 15 is 0 Å². The normalized spacial score (nSPS) is 45.6. The molecule has 0 aromatic carbocycles. The number of amides is 2. The van der Waals surface area contributed by atoms with Gasteiger partial charge in [0.2, 0.25) is 0 Å². The molecule has 3 saturated heterocycles. The molecular weight excluding hydrogens is 332 g/mol. The maximum atomic E-state index is 12.5. The number of sulfone groups is 1. The first kappa shape index (κ1) is 16.6. The average molecular weight is 358 g/mol. The Kier molecular flexibility index (Phi) is 3.68. The van der Waals surface area contributed by atoms with Crippen LogP contribution in [0.3, 0.4) is 0 Å². The van der Waals surface area contributed by atoms with Crippen LogP contribution in [0.4, 0.5) is 4.79 Å². The Labute approximate surface area is 143 Å². The van der Waals surface area contributed by atoms with Gasteiger partial charge in [0, 0.05) is 38.1 Å². The van der Waals surface area contributed by atoms with Gasteiger partial charge in [0.25, 0.3) is 0 Å². The molecule has 5 atom stereocenters. The summed E-state index contributed by atoms with van der Waals surface area (Å²) in [7, 11) is -1.62. The van der Waals surface area contributed by atoms with E-state index in [1.807, 2.05) is 0 Å². The van der Waals surface area contributed by atoms with Gasteiger partial charge in [-0.25, -0.2) is 13.2 Å². The number of urea groups is 1. The van der Waals surface area contributed by atoms with Gasteiger partial charge < -0.3 is 19.7 Å². The fourth-order valence-corrected chi connectivity index (χ4v) is 7.36. The third kappa shape index (κ3) is 2.54. The summed E-state index contributed by atoms with van der Waals surface area (Å²) in [6.07, 6.45) is 2.82. The van der Waals surface area contributed by atoms with E-state index in [4.69, 9.17) is 9.47 Å². The number of nitrogens with zero attached hydrogens (tertiary/aromatic N) is 1. The van der Waals surface area contributed by atoms with Crippen LogP contribution in [-0.4, -0.2) is 75.4 Å². The number of rotatable bonds is 3. The van der Waals surface area contributed by atoms with Crippen molar-refractivity contribution in [2.45, 2.75) is 43.1 Å². The number of hydrogen-bond acceptors (Lipinski definition) is 5. The highest BCUT2D eigenvalue weighted by molar-refractivity contribution is 7.92. The number of methoxy groups -OCH3 is 1. The Bertz CT molecular complexity index is 641. The second-order valence-corrected chi connectivity index (χ2v) is 10.5. The molecule has 4 fully saturated rings. The van der Waals surface area contributed by atoms with Crippen LogP contribution in [0.15, 0.2) is 0 Å². The Morgan fingerprint density at radius 3 is 2.75 bits per heavy atom. The fraction of sp³-hybridized carbons (Fsp3) is 0.938. The molecule has 2 unspecified atom stereocenters. The fourth-order valence-electron chi connectivity index (χ4n) is 5.07. The minimum absolute atomic E-state index is 0.0187. The molecule has 8 heteroatoms. The Morgan fingerprint density at radius 2 is 2.17 bits per heavy atom. The van der Waals surface area contributed by atoms with Crippen molar-refractivity contribution < 1.29 is 22.7 Å². The minimum Gasteiger partial charge on any atom is -0.380 e. The standard InChI is InChI=1S/C16H26N2O5S/c1-15-3-4-16(8-15,10-23-15)9-17-14(19)18-5-11-12(22-2)7-24(20,21)13(11)6-18/h11-13H,3-10H2,1-2H3,(H,17,19)/t11-,12-,13-,15?,16?/m1/s1. The van der Waals surface area contributed by atoms with Crippen molar-refractivity contribution in [3.63, 3.8) is 0 Å². The topological polar surface area (TPSA) is 84.9 Å². The van der Waals surface area contributed by atoms with Crippen LogP contribution in [-0.2, 0) is 19.3 Å². The van der Waals surface area contributed by atoms with Gasteiger partial charge in [-0.15, -0.1) is 0 Å². The zero-order valence-electron chi connectivity index (χ0n) is 14.3. The molecule has 24 heavy (non-hydrogen) atoms. The molecule has 0 aromatic heterocycles. The Balaban J connectivity index is 1.37. The zero-order chi connectivity index (χ0) is 17.2. The van der Waals surface area contributed by atoms with Gasteiger partial charge in [0.1, 0.15) is 0 Å². The minimum atomic E-state index is -3.17. The van der Waals surface area contributed by atoms with Crippen LogP contribution in [0.25, 0.3) is 0 Å². The number of hydrogen-bond donors (Lipinski definition) is 1. The lowest BCUT2D eigenvalue weighted by Gasteiger charge is -2.28. The highest BCUT2D eigenvalue weighted by atomic mass is 32.2. The highest BCUT2D eigenvalue weighted by Crippen LogP contribution is 2.52. The monoisotopic (exact) mass is 358 g/mol. The quantitative estimate of drug-likeness (QED) is 0.789. The van der Waals surface area contributed by atoms with Crippen molar-refractivity contribution >= 4 is 15.9 Å². The summed E-state index contributed by atoms with van der Waals surface area (Å²) in [6, 6.07) is -0.163. The molecule has 0 radical (unpaired) electrons. The van der Waals surface area contributed by atoms with E-state index in [1.165, 1.54) is 0 Å². The Morgan fingerprint density at radius 1 is 1.38 bits per heavy atom. The van der Waals surface area contributed by atoms with Crippen molar-refractivity contribution in [3.05, 3.63) is 0 Å². The van der Waals surface area contributed by atoms with Crippen molar-refractivity contribution in [1.29, 1.82) is 0 Å². The SMILES string of the molecule is CO[C@@H]1CS(=O)(=O)[C@@H]2CN(C(=O)NCC34CCC(C)(C3)OC4)C[C@@H]21. The second kappa shape index (κ2) is 5.32. The molecule has 136 valence electrons. The van der Waals surface area contributed by atoms with E-state index in [2.05, 4.69) is 12.2 Å².